The van der Waals surface area contributed by atoms with Crippen molar-refractivity contribution in [1.29, 1.82) is 0 Å². The largest absolute Gasteiger partial charge is 3.00 e. The zero-order valence-corrected chi connectivity index (χ0v) is 13.7. The molecule has 0 unspecified atom stereocenters. The first kappa shape index (κ1) is 32.5. The molecule has 0 spiro atoms. The summed E-state index contributed by atoms with van der Waals surface area (Å²) in [6, 6.07) is 0. The molecule has 0 saturated heterocycles. The van der Waals surface area contributed by atoms with Gasteiger partial charge in [-0.25, -0.2) is 0 Å². The third-order valence-corrected chi connectivity index (χ3v) is 1.45. The Kier molecular flexibility index (Phi) is 18.7. The van der Waals surface area contributed by atoms with Crippen molar-refractivity contribution in [3.63, 3.8) is 0 Å². The van der Waals surface area contributed by atoms with Gasteiger partial charge in [0.25, 0.3) is 0 Å². The van der Waals surface area contributed by atoms with E-state index in [1.807, 2.05) is 18.2 Å². The molecule has 0 aliphatic heterocycles. The van der Waals surface area contributed by atoms with Crippen LogP contribution in [-0.2, 0) is 26.6 Å². The summed E-state index contributed by atoms with van der Waals surface area (Å²) in [6.45, 7) is 0. The number of carbonyl (C=O) groups excluding carboxylic acids is 1. The molecule has 0 bridgehead atoms. The molecule has 0 aromatic heterocycles. The van der Waals surface area contributed by atoms with Gasteiger partial charge in [-0.2, -0.15) is 0 Å². The summed E-state index contributed by atoms with van der Waals surface area (Å²) in [6.07, 6.45) is 7.27. The maximum Gasteiger partial charge on any atom is 3.00 e. The van der Waals surface area contributed by atoms with E-state index >= 15 is 0 Å². The molecule has 1 rings (SSSR count). The molecule has 0 heterocycles. The number of carbonyl (C=O) groups is 1. The molecular formula is C8H10B3F12FeO2. The van der Waals surface area contributed by atoms with Crippen molar-refractivity contribution in [1.82, 2.24) is 0 Å². The predicted molar refractivity (Wildman–Crippen MR) is 69.0 cm³/mol. The first-order chi connectivity index (χ1) is 10.8. The molecule has 2 nitrogen and oxygen atoms in total. The Hall–Kier alpha value is -1.18. The van der Waals surface area contributed by atoms with E-state index < -0.39 is 21.8 Å². The minimum Gasteiger partial charge on any atom is -0.469 e. The minimum absolute atomic E-state index is 0. The first-order valence-electron chi connectivity index (χ1n) is 5.86. The molecule has 0 atom stereocenters. The van der Waals surface area contributed by atoms with Gasteiger partial charge in [0, 0.05) is 0 Å². The molecule has 26 heavy (non-hydrogen) atoms. The van der Waals surface area contributed by atoms with Crippen LogP contribution in [0.4, 0.5) is 51.8 Å². The van der Waals surface area contributed by atoms with Gasteiger partial charge in [-0.05, 0) is 6.42 Å². The second-order valence-electron chi connectivity index (χ2n) is 3.69. The fourth-order valence-electron chi connectivity index (χ4n) is 0.880. The van der Waals surface area contributed by atoms with Crippen LogP contribution in [0.3, 0.4) is 0 Å². The van der Waals surface area contributed by atoms with Crippen LogP contribution in [0, 0.1) is 0 Å². The number of hydrogen-bond acceptors (Lipinski definition) is 2. The fraction of sp³-hybridized carbons (Fsp3) is 0.375. The molecular weight excluding hydrogens is 444 g/mol. The van der Waals surface area contributed by atoms with Crippen LogP contribution in [0.1, 0.15) is 12.8 Å². The quantitative estimate of drug-likeness (QED) is 0.320. The summed E-state index contributed by atoms with van der Waals surface area (Å²) in [5.74, 6) is -0.157. The Balaban J connectivity index is -0.000000132. The van der Waals surface area contributed by atoms with E-state index in [4.69, 9.17) is 0 Å². The molecule has 0 N–H and O–H groups in total. The summed E-state index contributed by atoms with van der Waals surface area (Å²) in [4.78, 5) is 10.7. The average molecular weight is 454 g/mol. The molecule has 18 heteroatoms. The van der Waals surface area contributed by atoms with Crippen molar-refractivity contribution in [2.24, 2.45) is 0 Å². The second-order valence-corrected chi connectivity index (χ2v) is 3.69. The van der Waals surface area contributed by atoms with E-state index in [0.29, 0.717) is 6.42 Å². The van der Waals surface area contributed by atoms with Crippen molar-refractivity contribution in [2.75, 3.05) is 7.11 Å². The Labute approximate surface area is 150 Å². The zero-order chi connectivity index (χ0) is 20.9. The van der Waals surface area contributed by atoms with Gasteiger partial charge in [0.2, 0.25) is 0 Å². The SMILES string of the molecule is COC(=O)CC1=CC=CC1.F[B-](F)(F)F.F[B-](F)(F)F.F[B-](F)(F)F.[Fe+3]. The first-order valence-corrected chi connectivity index (χ1v) is 5.86. The normalized spacial score (nSPS) is 12.7. The molecule has 0 amide bonds. The molecule has 0 saturated carbocycles. The van der Waals surface area contributed by atoms with Gasteiger partial charge < -0.3 is 56.5 Å². The van der Waals surface area contributed by atoms with Gasteiger partial charge in [0.1, 0.15) is 0 Å². The van der Waals surface area contributed by atoms with Crippen LogP contribution in [0.15, 0.2) is 23.8 Å². The third kappa shape index (κ3) is 77.8. The number of allylic oxidation sites excluding steroid dienone is 3. The van der Waals surface area contributed by atoms with Gasteiger partial charge in [-0.3, -0.25) is 4.79 Å². The van der Waals surface area contributed by atoms with Gasteiger partial charge in [-0.15, -0.1) is 0 Å². The van der Waals surface area contributed by atoms with E-state index in [0.717, 1.165) is 12.0 Å². The number of methoxy groups -OCH3 is 1. The van der Waals surface area contributed by atoms with E-state index in [1.165, 1.54) is 7.11 Å². The molecule has 0 aromatic rings. The van der Waals surface area contributed by atoms with Crippen molar-refractivity contribution >= 4 is 27.7 Å². The predicted octanol–water partition coefficient (Wildman–Crippen LogP) is 5.33. The molecule has 155 valence electrons. The Bertz CT molecular complexity index is 385. The van der Waals surface area contributed by atoms with E-state index in [1.54, 1.807) is 0 Å². The summed E-state index contributed by atoms with van der Waals surface area (Å²) in [5, 5.41) is 0. The summed E-state index contributed by atoms with van der Waals surface area (Å²) in [7, 11) is -16.6. The number of ether oxygens (including phenoxy) is 1. The van der Waals surface area contributed by atoms with Crippen LogP contribution in [0.2, 0.25) is 0 Å². The molecule has 1 aliphatic carbocycles. The second kappa shape index (κ2) is 14.9. The van der Waals surface area contributed by atoms with Crippen molar-refractivity contribution in [2.45, 2.75) is 12.8 Å². The van der Waals surface area contributed by atoms with E-state index in [-0.39, 0.29) is 23.0 Å². The van der Waals surface area contributed by atoms with Gasteiger partial charge in [0.05, 0.1) is 13.5 Å². The van der Waals surface area contributed by atoms with Gasteiger partial charge in [-0.1, -0.05) is 23.8 Å². The summed E-state index contributed by atoms with van der Waals surface area (Å²) >= 11 is 0. The number of esters is 1. The molecule has 1 aliphatic rings. The Morgan fingerprint density at radius 3 is 1.38 bits per heavy atom. The molecule has 0 aromatic carbocycles. The fourth-order valence-corrected chi connectivity index (χ4v) is 0.880. The summed E-state index contributed by atoms with van der Waals surface area (Å²) < 4.78 is 122. The van der Waals surface area contributed by atoms with E-state index in [2.05, 4.69) is 4.74 Å². The Morgan fingerprint density at radius 2 is 1.19 bits per heavy atom. The van der Waals surface area contributed by atoms with Crippen molar-refractivity contribution < 1.29 is 78.4 Å². The molecule has 0 fully saturated rings. The van der Waals surface area contributed by atoms with Crippen molar-refractivity contribution in [3.05, 3.63) is 23.8 Å². The van der Waals surface area contributed by atoms with Crippen LogP contribution < -0.4 is 0 Å². The molecule has 1 radical (unpaired) electrons. The standard InChI is InChI=1S/C8H10O2.3BF4.Fe/c1-10-8(9)6-7-4-2-3-5-7;3*2-1(3,4)5;/h2-4H,5-6H2,1H3;;;;/q;3*-1;+3. The van der Waals surface area contributed by atoms with Crippen LogP contribution in [0.25, 0.3) is 0 Å². The summed E-state index contributed by atoms with van der Waals surface area (Å²) in [5.41, 5.74) is 1.13. The minimum atomic E-state index is -6.00. The maximum absolute atomic E-state index is 10.7. The van der Waals surface area contributed by atoms with Crippen LogP contribution in [0.5, 0.6) is 0 Å². The smallest absolute Gasteiger partial charge is 0.469 e. The van der Waals surface area contributed by atoms with Crippen molar-refractivity contribution in [3.8, 4) is 0 Å². The number of halogens is 12. The topological polar surface area (TPSA) is 26.3 Å². The zero-order valence-electron chi connectivity index (χ0n) is 12.6. The number of rotatable bonds is 2. The third-order valence-electron chi connectivity index (χ3n) is 1.45. The van der Waals surface area contributed by atoms with E-state index in [9.17, 15) is 56.6 Å². The Morgan fingerprint density at radius 1 is 0.885 bits per heavy atom. The number of hydrogen-bond donors (Lipinski definition) is 0. The van der Waals surface area contributed by atoms with Crippen LogP contribution in [-0.4, -0.2) is 34.8 Å². The monoisotopic (exact) mass is 455 g/mol. The van der Waals surface area contributed by atoms with Crippen LogP contribution >= 0.6 is 0 Å². The average Bonchev–Trinajstić information content (AvgIpc) is 2.74. The maximum atomic E-state index is 10.7. The van der Waals surface area contributed by atoms with Gasteiger partial charge >= 0.3 is 44.8 Å². The van der Waals surface area contributed by atoms with Gasteiger partial charge in [0.15, 0.2) is 0 Å².